The number of esters is 2. The first-order valence-electron chi connectivity index (χ1n) is 6.63. The summed E-state index contributed by atoms with van der Waals surface area (Å²) in [6.45, 7) is 6.89. The molecule has 8 heteroatoms. The second kappa shape index (κ2) is 8.49. The molecule has 8 nitrogen and oxygen atoms in total. The molecule has 0 saturated carbocycles. The molecule has 0 rings (SSSR count). The van der Waals surface area contributed by atoms with Crippen molar-refractivity contribution in [1.82, 2.24) is 0 Å². The Morgan fingerprint density at radius 2 is 1.76 bits per heavy atom. The summed E-state index contributed by atoms with van der Waals surface area (Å²) in [6, 6.07) is 0. The lowest BCUT2D eigenvalue weighted by Crippen LogP contribution is -2.42. The van der Waals surface area contributed by atoms with Crippen LogP contribution in [0.5, 0.6) is 0 Å². The predicted octanol–water partition coefficient (Wildman–Crippen LogP) is 2.22. The first-order chi connectivity index (χ1) is 9.73. The summed E-state index contributed by atoms with van der Waals surface area (Å²) in [5.74, 6) is -1.16. The van der Waals surface area contributed by atoms with Crippen molar-refractivity contribution in [3.05, 3.63) is 10.4 Å². The Bertz CT molecular complexity index is 418. The second-order valence-electron chi connectivity index (χ2n) is 5.37. The first kappa shape index (κ1) is 19.2. The van der Waals surface area contributed by atoms with Crippen LogP contribution in [0.4, 0.5) is 0 Å². The molecule has 0 N–H and O–H groups in total. The molecule has 0 aliphatic heterocycles. The van der Waals surface area contributed by atoms with Gasteiger partial charge in [0.1, 0.15) is 12.1 Å². The van der Waals surface area contributed by atoms with Crippen molar-refractivity contribution in [1.29, 1.82) is 0 Å². The van der Waals surface area contributed by atoms with Gasteiger partial charge in [-0.1, -0.05) is 5.11 Å². The fourth-order valence-corrected chi connectivity index (χ4v) is 1.88. The number of carbonyl (C=O) groups is 2. The summed E-state index contributed by atoms with van der Waals surface area (Å²) in [4.78, 5) is 26.7. The average molecular weight is 301 g/mol. The third-order valence-electron chi connectivity index (χ3n) is 2.84. The zero-order chi connectivity index (χ0) is 16.5. The van der Waals surface area contributed by atoms with Crippen LogP contribution in [0, 0.1) is 5.41 Å². The van der Waals surface area contributed by atoms with E-state index in [2.05, 4.69) is 10.0 Å². The van der Waals surface area contributed by atoms with Gasteiger partial charge in [-0.05, 0) is 39.6 Å². The van der Waals surface area contributed by atoms with E-state index in [1.807, 2.05) is 0 Å². The number of ether oxygens (including phenoxy) is 3. The normalized spacial score (nSPS) is 13.8. The van der Waals surface area contributed by atoms with Gasteiger partial charge >= 0.3 is 11.9 Å². The van der Waals surface area contributed by atoms with Gasteiger partial charge in [-0.25, -0.2) is 0 Å². The summed E-state index contributed by atoms with van der Waals surface area (Å²) in [5.41, 5.74) is 6.20. The van der Waals surface area contributed by atoms with Crippen LogP contribution in [-0.2, 0) is 23.8 Å². The minimum absolute atomic E-state index is 0.0191. The number of carbonyl (C=O) groups excluding carboxylic acids is 2. The molecule has 0 aromatic carbocycles. The minimum Gasteiger partial charge on any atom is -0.466 e. The maximum atomic E-state index is 12.1. The van der Waals surface area contributed by atoms with Crippen LogP contribution >= 0.6 is 0 Å². The molecule has 0 heterocycles. The zero-order valence-electron chi connectivity index (χ0n) is 13.2. The van der Waals surface area contributed by atoms with Crippen molar-refractivity contribution in [2.24, 2.45) is 10.5 Å². The molecule has 0 bridgehead atoms. The van der Waals surface area contributed by atoms with E-state index in [-0.39, 0.29) is 26.2 Å². The Hall–Kier alpha value is -1.79. The lowest BCUT2D eigenvalue weighted by Gasteiger charge is -2.30. The second-order valence-corrected chi connectivity index (χ2v) is 5.37. The van der Waals surface area contributed by atoms with Crippen LogP contribution in [0.1, 0.15) is 34.1 Å². The van der Waals surface area contributed by atoms with Gasteiger partial charge in [0.2, 0.25) is 0 Å². The van der Waals surface area contributed by atoms with E-state index < -0.39 is 22.9 Å². The Morgan fingerprint density at radius 3 is 2.24 bits per heavy atom. The van der Waals surface area contributed by atoms with Crippen molar-refractivity contribution in [2.75, 3.05) is 26.9 Å². The lowest BCUT2D eigenvalue weighted by molar-refractivity contribution is -0.158. The maximum Gasteiger partial charge on any atom is 0.317 e. The molecule has 1 atom stereocenters. The summed E-state index contributed by atoms with van der Waals surface area (Å²) in [6.07, 6.45) is -0.0191. The van der Waals surface area contributed by atoms with Gasteiger partial charge in [0, 0.05) is 12.0 Å². The highest BCUT2D eigenvalue weighted by atomic mass is 16.6. The van der Waals surface area contributed by atoms with Gasteiger partial charge in [-0.15, -0.1) is 0 Å². The topological polar surface area (TPSA) is 111 Å². The molecule has 0 aromatic heterocycles. The fourth-order valence-electron chi connectivity index (χ4n) is 1.88. The number of hydrogen-bond acceptors (Lipinski definition) is 6. The smallest absolute Gasteiger partial charge is 0.317 e. The zero-order valence-corrected chi connectivity index (χ0v) is 13.2. The van der Waals surface area contributed by atoms with Gasteiger partial charge < -0.3 is 14.2 Å². The van der Waals surface area contributed by atoms with Gasteiger partial charge in [0.15, 0.2) is 0 Å². The standard InChI is InChI=1S/C13H23N3O5/c1-6-20-10(17)12(2,3)9-13(4,15-16-14)11(18)21-8-7-19-5/h6-9H2,1-5H3. The third kappa shape index (κ3) is 6.01. The third-order valence-corrected chi connectivity index (χ3v) is 2.84. The van der Waals surface area contributed by atoms with Crippen molar-refractivity contribution in [3.63, 3.8) is 0 Å². The van der Waals surface area contributed by atoms with Crippen LogP contribution in [0.2, 0.25) is 0 Å². The Kier molecular flexibility index (Phi) is 7.76. The van der Waals surface area contributed by atoms with Gasteiger partial charge in [0.25, 0.3) is 0 Å². The molecule has 0 spiro atoms. The van der Waals surface area contributed by atoms with E-state index >= 15 is 0 Å². The fraction of sp³-hybridized carbons (Fsp3) is 0.846. The van der Waals surface area contributed by atoms with Crippen molar-refractivity contribution < 1.29 is 23.8 Å². The Morgan fingerprint density at radius 1 is 1.14 bits per heavy atom. The monoisotopic (exact) mass is 301 g/mol. The minimum atomic E-state index is -1.49. The van der Waals surface area contributed by atoms with Crippen LogP contribution < -0.4 is 0 Å². The SMILES string of the molecule is CCOC(=O)C(C)(C)CC(C)(N=[N+]=[N-])C(=O)OCCOC. The Balaban J connectivity index is 5.06. The van der Waals surface area contributed by atoms with Crippen molar-refractivity contribution >= 4 is 11.9 Å². The Labute approximate surface area is 124 Å². The first-order valence-corrected chi connectivity index (χ1v) is 6.63. The van der Waals surface area contributed by atoms with Crippen LogP contribution in [0.25, 0.3) is 10.4 Å². The number of hydrogen-bond donors (Lipinski definition) is 0. The van der Waals surface area contributed by atoms with Crippen molar-refractivity contribution in [3.8, 4) is 0 Å². The van der Waals surface area contributed by atoms with Gasteiger partial charge in [-0.3, -0.25) is 9.59 Å². The number of rotatable bonds is 9. The maximum absolute atomic E-state index is 12.1. The number of nitrogens with zero attached hydrogens (tertiary/aromatic N) is 3. The molecule has 0 fully saturated rings. The van der Waals surface area contributed by atoms with Crippen LogP contribution in [0.15, 0.2) is 5.11 Å². The highest BCUT2D eigenvalue weighted by Crippen LogP contribution is 2.33. The number of azide groups is 1. The number of methoxy groups -OCH3 is 1. The molecule has 0 amide bonds. The molecule has 0 radical (unpaired) electrons. The summed E-state index contributed by atoms with van der Waals surface area (Å²) in [7, 11) is 1.48. The predicted molar refractivity (Wildman–Crippen MR) is 75.4 cm³/mol. The van der Waals surface area contributed by atoms with Crippen LogP contribution in [0.3, 0.4) is 0 Å². The highest BCUT2D eigenvalue weighted by Gasteiger charge is 2.43. The average Bonchev–Trinajstić information content (AvgIpc) is 2.38. The van der Waals surface area contributed by atoms with Crippen LogP contribution in [-0.4, -0.2) is 44.4 Å². The van der Waals surface area contributed by atoms with E-state index in [0.717, 1.165) is 0 Å². The van der Waals surface area contributed by atoms with Crippen molar-refractivity contribution in [2.45, 2.75) is 39.7 Å². The molecule has 0 aliphatic carbocycles. The molecule has 0 aliphatic rings. The summed E-state index contributed by atoms with van der Waals surface area (Å²) < 4.78 is 14.7. The quantitative estimate of drug-likeness (QED) is 0.213. The lowest BCUT2D eigenvalue weighted by atomic mass is 9.79. The van der Waals surface area contributed by atoms with E-state index in [9.17, 15) is 9.59 Å². The van der Waals surface area contributed by atoms with Gasteiger partial charge in [0.05, 0.1) is 18.6 Å². The molecular formula is C13H23N3O5. The summed E-state index contributed by atoms with van der Waals surface area (Å²) >= 11 is 0. The molecular weight excluding hydrogens is 278 g/mol. The highest BCUT2D eigenvalue weighted by molar-refractivity contribution is 5.83. The van der Waals surface area contributed by atoms with Gasteiger partial charge in [-0.2, -0.15) is 0 Å². The largest absolute Gasteiger partial charge is 0.466 e. The van der Waals surface area contributed by atoms with E-state index in [4.69, 9.17) is 19.7 Å². The molecule has 0 aromatic rings. The molecule has 120 valence electrons. The summed E-state index contributed by atoms with van der Waals surface area (Å²) in [5, 5.41) is 3.52. The van der Waals surface area contributed by atoms with E-state index in [1.54, 1.807) is 20.8 Å². The molecule has 21 heavy (non-hydrogen) atoms. The van der Waals surface area contributed by atoms with E-state index in [1.165, 1.54) is 14.0 Å². The molecule has 0 saturated heterocycles. The molecule has 1 unspecified atom stereocenters. The van der Waals surface area contributed by atoms with E-state index in [0.29, 0.717) is 0 Å².